The zero-order valence-corrected chi connectivity index (χ0v) is 10.8. The van der Waals surface area contributed by atoms with Crippen LogP contribution in [0.2, 0.25) is 0 Å². The predicted octanol–water partition coefficient (Wildman–Crippen LogP) is 3.44. The molecule has 1 fully saturated rings. The van der Waals surface area contributed by atoms with Crippen molar-refractivity contribution >= 4 is 11.0 Å². The average molecular weight is 239 g/mol. The van der Waals surface area contributed by atoms with Crippen LogP contribution in [0.4, 0.5) is 0 Å². The molecule has 0 amide bonds. The first-order chi connectivity index (χ1) is 8.74. The van der Waals surface area contributed by atoms with E-state index in [0.717, 1.165) is 24.4 Å². The van der Waals surface area contributed by atoms with Gasteiger partial charge in [0.15, 0.2) is 0 Å². The van der Waals surface area contributed by atoms with E-state index in [2.05, 4.69) is 24.5 Å². The van der Waals surface area contributed by atoms with Crippen LogP contribution in [0.3, 0.4) is 0 Å². The van der Waals surface area contributed by atoms with Crippen molar-refractivity contribution in [1.29, 1.82) is 5.26 Å². The van der Waals surface area contributed by atoms with Gasteiger partial charge in [-0.3, -0.25) is 0 Å². The maximum atomic E-state index is 8.96. The molecule has 0 saturated heterocycles. The average Bonchev–Trinajstić information content (AvgIpc) is 2.99. The van der Waals surface area contributed by atoms with Gasteiger partial charge >= 0.3 is 0 Å². The van der Waals surface area contributed by atoms with Crippen molar-refractivity contribution in [2.75, 3.05) is 0 Å². The van der Waals surface area contributed by atoms with E-state index in [-0.39, 0.29) is 0 Å². The van der Waals surface area contributed by atoms with Crippen LogP contribution in [-0.4, -0.2) is 9.55 Å². The molecule has 0 spiro atoms. The number of aryl methyl sites for hydroxylation is 1. The monoisotopic (exact) mass is 239 g/mol. The van der Waals surface area contributed by atoms with Crippen LogP contribution < -0.4 is 0 Å². The number of imidazole rings is 1. The Bertz CT molecular complexity index is 633. The van der Waals surface area contributed by atoms with E-state index >= 15 is 0 Å². The van der Waals surface area contributed by atoms with Crippen LogP contribution in [0.5, 0.6) is 0 Å². The Labute approximate surface area is 107 Å². The third-order valence-corrected chi connectivity index (χ3v) is 3.80. The molecule has 1 heterocycles. The van der Waals surface area contributed by atoms with Gasteiger partial charge < -0.3 is 4.57 Å². The number of hydrogen-bond donors (Lipinski definition) is 0. The van der Waals surface area contributed by atoms with E-state index in [1.165, 1.54) is 17.8 Å². The standard InChI is InChI=1S/C15H17N3/c1-3-6-18-14-5-4-11(9-16)8-13(14)17-15(18)12-7-10(12)2/h4-5,8,10,12H,3,6-7H2,1-2H3. The number of fused-ring (bicyclic) bond motifs is 1. The first-order valence-corrected chi connectivity index (χ1v) is 6.65. The third kappa shape index (κ3) is 1.69. The Kier molecular flexibility index (Phi) is 2.59. The third-order valence-electron chi connectivity index (χ3n) is 3.80. The van der Waals surface area contributed by atoms with E-state index in [9.17, 15) is 0 Å². The number of aromatic nitrogens is 2. The van der Waals surface area contributed by atoms with Crippen LogP contribution in [-0.2, 0) is 6.54 Å². The van der Waals surface area contributed by atoms with E-state index in [4.69, 9.17) is 10.2 Å². The molecule has 3 rings (SSSR count). The zero-order chi connectivity index (χ0) is 12.7. The molecular weight excluding hydrogens is 222 g/mol. The fourth-order valence-electron chi connectivity index (χ4n) is 2.64. The lowest BCUT2D eigenvalue weighted by Gasteiger charge is -2.06. The summed E-state index contributed by atoms with van der Waals surface area (Å²) in [6, 6.07) is 8.01. The second-order valence-corrected chi connectivity index (χ2v) is 5.26. The van der Waals surface area contributed by atoms with Crippen LogP contribution >= 0.6 is 0 Å². The highest BCUT2D eigenvalue weighted by Gasteiger charge is 2.38. The second-order valence-electron chi connectivity index (χ2n) is 5.26. The summed E-state index contributed by atoms with van der Waals surface area (Å²) in [5, 5.41) is 8.96. The molecule has 1 aliphatic carbocycles. The highest BCUT2D eigenvalue weighted by Crippen LogP contribution is 2.47. The molecule has 0 N–H and O–H groups in total. The van der Waals surface area contributed by atoms with Crippen LogP contribution in [0.15, 0.2) is 18.2 Å². The largest absolute Gasteiger partial charge is 0.328 e. The first kappa shape index (κ1) is 11.3. The van der Waals surface area contributed by atoms with E-state index < -0.39 is 0 Å². The molecule has 2 atom stereocenters. The van der Waals surface area contributed by atoms with Crippen LogP contribution in [0.1, 0.15) is 44.0 Å². The summed E-state index contributed by atoms with van der Waals surface area (Å²) in [5.41, 5.74) is 2.83. The SMILES string of the molecule is CCCn1c(C2CC2C)nc2cc(C#N)ccc21. The first-order valence-electron chi connectivity index (χ1n) is 6.65. The van der Waals surface area contributed by atoms with Gasteiger partial charge in [-0.15, -0.1) is 0 Å². The van der Waals surface area contributed by atoms with Crippen molar-refractivity contribution in [3.05, 3.63) is 29.6 Å². The maximum absolute atomic E-state index is 8.96. The molecule has 0 radical (unpaired) electrons. The number of nitriles is 1. The van der Waals surface area contributed by atoms with E-state index in [0.29, 0.717) is 11.5 Å². The highest BCUT2D eigenvalue weighted by molar-refractivity contribution is 5.78. The minimum atomic E-state index is 0.620. The van der Waals surface area contributed by atoms with Crippen molar-refractivity contribution in [2.24, 2.45) is 5.92 Å². The highest BCUT2D eigenvalue weighted by atomic mass is 15.1. The lowest BCUT2D eigenvalue weighted by atomic mass is 10.2. The summed E-state index contributed by atoms with van der Waals surface area (Å²) in [4.78, 5) is 4.76. The fourth-order valence-corrected chi connectivity index (χ4v) is 2.64. The summed E-state index contributed by atoms with van der Waals surface area (Å²) in [6.45, 7) is 5.48. The Morgan fingerprint density at radius 3 is 2.89 bits per heavy atom. The second kappa shape index (κ2) is 4.13. The van der Waals surface area contributed by atoms with E-state index in [1.54, 1.807) is 0 Å². The summed E-state index contributed by atoms with van der Waals surface area (Å²) in [5.74, 6) is 2.59. The van der Waals surface area contributed by atoms with Crippen molar-refractivity contribution in [3.8, 4) is 6.07 Å². The fraction of sp³-hybridized carbons (Fsp3) is 0.467. The van der Waals surface area contributed by atoms with Crippen molar-refractivity contribution < 1.29 is 0 Å². The lowest BCUT2D eigenvalue weighted by molar-refractivity contribution is 0.647. The van der Waals surface area contributed by atoms with Gasteiger partial charge in [0, 0.05) is 12.5 Å². The molecule has 0 aliphatic heterocycles. The van der Waals surface area contributed by atoms with Crippen molar-refractivity contribution in [1.82, 2.24) is 9.55 Å². The summed E-state index contributed by atoms with van der Waals surface area (Å²) in [6.07, 6.45) is 2.36. The zero-order valence-electron chi connectivity index (χ0n) is 10.8. The molecule has 0 bridgehead atoms. The van der Waals surface area contributed by atoms with Gasteiger partial charge in [-0.25, -0.2) is 4.98 Å². The van der Waals surface area contributed by atoms with Gasteiger partial charge in [-0.2, -0.15) is 5.26 Å². The molecule has 3 nitrogen and oxygen atoms in total. The number of benzene rings is 1. The molecule has 1 aromatic heterocycles. The summed E-state index contributed by atoms with van der Waals surface area (Å²) >= 11 is 0. The summed E-state index contributed by atoms with van der Waals surface area (Å²) < 4.78 is 2.34. The Morgan fingerprint density at radius 1 is 1.50 bits per heavy atom. The molecule has 1 aliphatic rings. The minimum Gasteiger partial charge on any atom is -0.328 e. The number of rotatable bonds is 3. The predicted molar refractivity (Wildman–Crippen MR) is 71.3 cm³/mol. The van der Waals surface area contributed by atoms with Crippen LogP contribution in [0.25, 0.3) is 11.0 Å². The number of nitrogens with zero attached hydrogens (tertiary/aromatic N) is 3. The maximum Gasteiger partial charge on any atom is 0.113 e. The van der Waals surface area contributed by atoms with Gasteiger partial charge in [-0.1, -0.05) is 13.8 Å². The van der Waals surface area contributed by atoms with Gasteiger partial charge in [0.1, 0.15) is 5.82 Å². The molecular formula is C15H17N3. The molecule has 3 heteroatoms. The molecule has 92 valence electrons. The van der Waals surface area contributed by atoms with Gasteiger partial charge in [0.2, 0.25) is 0 Å². The van der Waals surface area contributed by atoms with Crippen LogP contribution in [0, 0.1) is 17.2 Å². The molecule has 1 aromatic carbocycles. The summed E-state index contributed by atoms with van der Waals surface area (Å²) in [7, 11) is 0. The number of hydrogen-bond acceptors (Lipinski definition) is 2. The topological polar surface area (TPSA) is 41.6 Å². The normalized spacial score (nSPS) is 22.1. The molecule has 2 unspecified atom stereocenters. The Morgan fingerprint density at radius 2 is 2.28 bits per heavy atom. The quantitative estimate of drug-likeness (QED) is 0.823. The van der Waals surface area contributed by atoms with Gasteiger partial charge in [-0.05, 0) is 37.0 Å². The smallest absolute Gasteiger partial charge is 0.113 e. The van der Waals surface area contributed by atoms with Crippen molar-refractivity contribution in [2.45, 2.75) is 39.2 Å². The lowest BCUT2D eigenvalue weighted by Crippen LogP contribution is -2.02. The van der Waals surface area contributed by atoms with Gasteiger partial charge in [0.05, 0.1) is 22.7 Å². The molecule has 18 heavy (non-hydrogen) atoms. The Balaban J connectivity index is 2.16. The molecule has 1 saturated carbocycles. The van der Waals surface area contributed by atoms with E-state index in [1.807, 2.05) is 18.2 Å². The van der Waals surface area contributed by atoms with Crippen molar-refractivity contribution in [3.63, 3.8) is 0 Å². The molecule has 2 aromatic rings. The Hall–Kier alpha value is -1.82. The minimum absolute atomic E-state index is 0.620. The van der Waals surface area contributed by atoms with Gasteiger partial charge in [0.25, 0.3) is 0 Å².